The largest absolute Gasteiger partial charge is 0.396 e. The number of pyridine rings is 2. The molecule has 1 aliphatic rings. The van der Waals surface area contributed by atoms with Crippen LogP contribution in [0.15, 0.2) is 73.1 Å². The Bertz CT molecular complexity index is 1640. The fourth-order valence-corrected chi connectivity index (χ4v) is 5.69. The molecule has 2 aromatic carbocycles. The van der Waals surface area contributed by atoms with Crippen LogP contribution in [-0.4, -0.2) is 57.3 Å². The molecule has 46 heavy (non-hydrogen) atoms. The maximum absolute atomic E-state index is 13.1. The van der Waals surface area contributed by atoms with Gasteiger partial charge in [-0.1, -0.05) is 36.4 Å². The van der Waals surface area contributed by atoms with E-state index in [1.165, 1.54) is 0 Å². The first kappa shape index (κ1) is 32.9. The molecule has 10 nitrogen and oxygen atoms in total. The fraction of sp³-hybridized carbons (Fsp3) is 0.333. The van der Waals surface area contributed by atoms with Crippen molar-refractivity contribution in [3.05, 3.63) is 107 Å². The fourth-order valence-electron chi connectivity index (χ4n) is 5.69. The van der Waals surface area contributed by atoms with Gasteiger partial charge in [-0.15, -0.1) is 0 Å². The Kier molecular flexibility index (Phi) is 11.2. The molecule has 0 aliphatic heterocycles. The van der Waals surface area contributed by atoms with Crippen molar-refractivity contribution >= 4 is 23.2 Å². The molecule has 2 aromatic heterocycles. The maximum Gasteiger partial charge on any atom is 0.274 e. The van der Waals surface area contributed by atoms with E-state index < -0.39 is 0 Å². The summed E-state index contributed by atoms with van der Waals surface area (Å²) in [4.78, 5) is 34.9. The number of amides is 2. The molecule has 10 heteroatoms. The van der Waals surface area contributed by atoms with Crippen molar-refractivity contribution in [2.75, 3.05) is 23.8 Å². The maximum atomic E-state index is 13.1. The SMILES string of the molecule is Cc1c(NC(=O)c2ccc(CNCCCO)cn2)cccc1-c1cccc(NC(=O)c2ccc(CN[C@@H]3CCC[C@H]3O)cn2)c1C. The summed E-state index contributed by atoms with van der Waals surface area (Å²) in [5, 5.41) is 31.5. The number of benzene rings is 2. The zero-order chi connectivity index (χ0) is 32.5. The normalized spacial score (nSPS) is 15.9. The second kappa shape index (κ2) is 15.7. The van der Waals surface area contributed by atoms with Gasteiger partial charge in [-0.05, 0) is 104 Å². The second-order valence-corrected chi connectivity index (χ2v) is 11.7. The van der Waals surface area contributed by atoms with Crippen LogP contribution in [0.4, 0.5) is 11.4 Å². The van der Waals surface area contributed by atoms with Crippen LogP contribution in [-0.2, 0) is 13.1 Å². The topological polar surface area (TPSA) is 148 Å². The van der Waals surface area contributed by atoms with Gasteiger partial charge in [0, 0.05) is 49.5 Å². The highest BCUT2D eigenvalue weighted by Gasteiger charge is 2.24. The lowest BCUT2D eigenvalue weighted by molar-refractivity contribution is 0.101. The molecule has 2 atom stereocenters. The summed E-state index contributed by atoms with van der Waals surface area (Å²) < 4.78 is 0. The molecular formula is C36H42N6O4. The highest BCUT2D eigenvalue weighted by Crippen LogP contribution is 2.34. The molecule has 2 amide bonds. The molecule has 0 saturated heterocycles. The van der Waals surface area contributed by atoms with Crippen LogP contribution in [0.3, 0.4) is 0 Å². The lowest BCUT2D eigenvalue weighted by atomic mass is 9.94. The summed E-state index contributed by atoms with van der Waals surface area (Å²) in [5.41, 5.74) is 7.54. The van der Waals surface area contributed by atoms with Crippen molar-refractivity contribution in [3.8, 4) is 11.1 Å². The Morgan fingerprint density at radius 2 is 1.35 bits per heavy atom. The molecule has 2 heterocycles. The Morgan fingerprint density at radius 3 is 1.83 bits per heavy atom. The van der Waals surface area contributed by atoms with Gasteiger partial charge in [0.25, 0.3) is 11.8 Å². The summed E-state index contributed by atoms with van der Waals surface area (Å²) in [6.07, 6.45) is 6.57. The Hall–Kier alpha value is -4.48. The molecule has 6 N–H and O–H groups in total. The van der Waals surface area contributed by atoms with E-state index in [1.807, 2.05) is 62.4 Å². The van der Waals surface area contributed by atoms with Gasteiger partial charge in [-0.2, -0.15) is 0 Å². The van der Waals surface area contributed by atoms with Gasteiger partial charge >= 0.3 is 0 Å². The minimum Gasteiger partial charge on any atom is -0.396 e. The van der Waals surface area contributed by atoms with Gasteiger partial charge in [-0.25, -0.2) is 0 Å². The Balaban J connectivity index is 1.23. The Labute approximate surface area is 269 Å². The average Bonchev–Trinajstić information content (AvgIpc) is 3.49. The number of aromatic nitrogens is 2. The van der Waals surface area contributed by atoms with Crippen molar-refractivity contribution < 1.29 is 19.8 Å². The number of carbonyl (C=O) groups is 2. The minimum atomic E-state index is -0.306. The monoisotopic (exact) mass is 622 g/mol. The van der Waals surface area contributed by atoms with Crippen molar-refractivity contribution in [3.63, 3.8) is 0 Å². The molecule has 5 rings (SSSR count). The number of nitrogens with one attached hydrogen (secondary N) is 4. The molecule has 4 aromatic rings. The van der Waals surface area contributed by atoms with E-state index in [4.69, 9.17) is 5.11 Å². The first-order chi connectivity index (χ1) is 22.3. The number of aliphatic hydroxyl groups is 2. The van der Waals surface area contributed by atoms with Crippen molar-refractivity contribution in [1.82, 2.24) is 20.6 Å². The van der Waals surface area contributed by atoms with E-state index in [0.29, 0.717) is 48.8 Å². The molecule has 0 radical (unpaired) electrons. The predicted octanol–water partition coefficient (Wildman–Crippen LogP) is 4.74. The van der Waals surface area contributed by atoms with Crippen molar-refractivity contribution in [1.29, 1.82) is 0 Å². The standard InChI is InChI=1S/C36H42N6O4/c1-23-27(7-3-9-29(23)41-35(45)32-15-13-25(20-39-32)19-37-17-6-18-43)28-8-4-10-30(24(28)2)42-36(46)33-16-14-26(22-40-33)21-38-31-11-5-12-34(31)44/h3-4,7-10,13-16,20,22,31,34,37-38,43-44H,5-6,11-12,17-19,21H2,1-2H3,(H,41,45)(H,42,46)/t31-,34-/m1/s1. The predicted molar refractivity (Wildman–Crippen MR) is 180 cm³/mol. The van der Waals surface area contributed by atoms with E-state index in [1.54, 1.807) is 24.5 Å². The van der Waals surface area contributed by atoms with Crippen LogP contribution in [0, 0.1) is 13.8 Å². The van der Waals surface area contributed by atoms with Crippen LogP contribution in [0.25, 0.3) is 11.1 Å². The van der Waals surface area contributed by atoms with E-state index in [9.17, 15) is 14.7 Å². The third kappa shape index (κ3) is 8.21. The number of anilines is 2. The van der Waals surface area contributed by atoms with Gasteiger partial charge in [-0.3, -0.25) is 19.6 Å². The average molecular weight is 623 g/mol. The zero-order valence-electron chi connectivity index (χ0n) is 26.3. The molecule has 0 spiro atoms. The highest BCUT2D eigenvalue weighted by molar-refractivity contribution is 6.05. The van der Waals surface area contributed by atoms with Crippen LogP contribution < -0.4 is 21.3 Å². The zero-order valence-corrected chi connectivity index (χ0v) is 26.3. The van der Waals surface area contributed by atoms with E-state index >= 15 is 0 Å². The summed E-state index contributed by atoms with van der Waals surface area (Å²) >= 11 is 0. The van der Waals surface area contributed by atoms with Crippen molar-refractivity contribution in [2.24, 2.45) is 0 Å². The highest BCUT2D eigenvalue weighted by atomic mass is 16.3. The van der Waals surface area contributed by atoms with Crippen LogP contribution >= 0.6 is 0 Å². The lowest BCUT2D eigenvalue weighted by Crippen LogP contribution is -2.35. The van der Waals surface area contributed by atoms with Gasteiger partial charge < -0.3 is 31.5 Å². The molecule has 1 saturated carbocycles. The molecule has 1 fully saturated rings. The molecule has 1 aliphatic carbocycles. The summed E-state index contributed by atoms with van der Waals surface area (Å²) in [6, 6.07) is 18.8. The van der Waals surface area contributed by atoms with Gasteiger partial charge in [0.2, 0.25) is 0 Å². The number of aliphatic hydroxyl groups excluding tert-OH is 2. The van der Waals surface area contributed by atoms with E-state index in [-0.39, 0.29) is 30.6 Å². The van der Waals surface area contributed by atoms with Gasteiger partial charge in [0.15, 0.2) is 0 Å². The third-order valence-electron chi connectivity index (χ3n) is 8.46. The number of nitrogens with zero attached hydrogens (tertiary/aromatic N) is 2. The molecule has 0 bridgehead atoms. The molecular weight excluding hydrogens is 580 g/mol. The van der Waals surface area contributed by atoms with Crippen LogP contribution in [0.1, 0.15) is 68.9 Å². The number of carbonyl (C=O) groups excluding carboxylic acids is 2. The number of hydrogen-bond donors (Lipinski definition) is 6. The smallest absolute Gasteiger partial charge is 0.274 e. The van der Waals surface area contributed by atoms with Crippen molar-refractivity contribution in [2.45, 2.75) is 64.8 Å². The van der Waals surface area contributed by atoms with Crippen LogP contribution in [0.5, 0.6) is 0 Å². The Morgan fingerprint density at radius 1 is 0.783 bits per heavy atom. The lowest BCUT2D eigenvalue weighted by Gasteiger charge is -2.17. The third-order valence-corrected chi connectivity index (χ3v) is 8.46. The summed E-state index contributed by atoms with van der Waals surface area (Å²) in [7, 11) is 0. The van der Waals surface area contributed by atoms with E-state index in [2.05, 4.69) is 31.2 Å². The minimum absolute atomic E-state index is 0.102. The van der Waals surface area contributed by atoms with E-state index in [0.717, 1.165) is 52.6 Å². The van der Waals surface area contributed by atoms with Gasteiger partial charge in [0.05, 0.1) is 6.10 Å². The first-order valence-electron chi connectivity index (χ1n) is 15.8. The van der Waals surface area contributed by atoms with Gasteiger partial charge in [0.1, 0.15) is 11.4 Å². The number of hydrogen-bond acceptors (Lipinski definition) is 8. The summed E-state index contributed by atoms with van der Waals surface area (Å²) in [6.45, 7) is 5.97. The quantitative estimate of drug-likeness (QED) is 0.117. The molecule has 240 valence electrons. The van der Waals surface area contributed by atoms with Crippen LogP contribution in [0.2, 0.25) is 0 Å². The molecule has 0 unspecified atom stereocenters. The second-order valence-electron chi connectivity index (χ2n) is 11.7. The summed E-state index contributed by atoms with van der Waals surface area (Å²) in [5.74, 6) is -0.605. The number of rotatable bonds is 13. The first-order valence-corrected chi connectivity index (χ1v) is 15.8.